The van der Waals surface area contributed by atoms with Gasteiger partial charge in [0.25, 0.3) is 0 Å². The first-order valence-electron chi connectivity index (χ1n) is 11.2. The summed E-state index contributed by atoms with van der Waals surface area (Å²) in [5, 5.41) is 17.4. The molecule has 2 aromatic carbocycles. The highest BCUT2D eigenvalue weighted by atomic mass is 16.5. The first-order valence-corrected chi connectivity index (χ1v) is 11.2. The molecule has 0 bridgehead atoms. The van der Waals surface area contributed by atoms with Gasteiger partial charge in [-0.1, -0.05) is 0 Å². The number of aromatic nitrogens is 3. The second-order valence-corrected chi connectivity index (χ2v) is 8.87. The fourth-order valence-corrected chi connectivity index (χ4v) is 4.20. The standard InChI is InChI=1S/C27H27N3O3/c1-15(2)32-24-12-19-11-22-26(29-30-27(22)21(19)13-25(24)33-16(3)4)18-7-10-23(28-14-18)17-5-8-20(31)9-6-17/h5-10,12-16,31H,11H2,1-4H3,(H,29,30). The van der Waals surface area contributed by atoms with Crippen molar-refractivity contribution >= 4 is 0 Å². The van der Waals surface area contributed by atoms with Gasteiger partial charge in [-0.2, -0.15) is 5.10 Å². The molecule has 0 amide bonds. The largest absolute Gasteiger partial charge is 0.508 e. The summed E-state index contributed by atoms with van der Waals surface area (Å²) in [6, 6.07) is 15.2. The van der Waals surface area contributed by atoms with Crippen molar-refractivity contribution in [3.8, 4) is 51.0 Å². The fraction of sp³-hybridized carbons (Fsp3) is 0.259. The lowest BCUT2D eigenvalue weighted by Gasteiger charge is -2.18. The van der Waals surface area contributed by atoms with E-state index in [1.807, 2.05) is 58.2 Å². The number of fused-ring (bicyclic) bond motifs is 3. The van der Waals surface area contributed by atoms with Gasteiger partial charge >= 0.3 is 0 Å². The number of nitrogens with one attached hydrogen (secondary N) is 1. The number of phenolic OH excluding ortho intramolecular Hbond substituents is 1. The van der Waals surface area contributed by atoms with Crippen LogP contribution < -0.4 is 9.47 Å². The summed E-state index contributed by atoms with van der Waals surface area (Å²) in [6.45, 7) is 8.07. The fourth-order valence-electron chi connectivity index (χ4n) is 4.20. The summed E-state index contributed by atoms with van der Waals surface area (Å²) in [5.41, 5.74) is 8.14. The van der Waals surface area contributed by atoms with Gasteiger partial charge in [-0.05, 0) is 81.8 Å². The number of H-pyrrole nitrogens is 1. The molecule has 2 heterocycles. The van der Waals surface area contributed by atoms with E-state index in [0.717, 1.165) is 57.3 Å². The Morgan fingerprint density at radius 1 is 0.879 bits per heavy atom. The summed E-state index contributed by atoms with van der Waals surface area (Å²) in [5.74, 6) is 1.77. The van der Waals surface area contributed by atoms with Crippen LogP contribution in [0.4, 0.5) is 0 Å². The number of ether oxygens (including phenoxy) is 2. The molecule has 0 saturated carbocycles. The smallest absolute Gasteiger partial charge is 0.162 e. The van der Waals surface area contributed by atoms with Crippen molar-refractivity contribution in [1.29, 1.82) is 0 Å². The van der Waals surface area contributed by atoms with E-state index in [-0.39, 0.29) is 18.0 Å². The Kier molecular flexibility index (Phi) is 5.29. The lowest BCUT2D eigenvalue weighted by atomic mass is 10.1. The average molecular weight is 442 g/mol. The molecular formula is C27H27N3O3. The summed E-state index contributed by atoms with van der Waals surface area (Å²) in [7, 11) is 0. The Morgan fingerprint density at radius 3 is 2.18 bits per heavy atom. The van der Waals surface area contributed by atoms with Crippen molar-refractivity contribution in [2.75, 3.05) is 0 Å². The molecule has 0 spiro atoms. The maximum Gasteiger partial charge on any atom is 0.162 e. The molecule has 0 atom stereocenters. The van der Waals surface area contributed by atoms with Gasteiger partial charge in [0.05, 0.1) is 29.3 Å². The Bertz CT molecular complexity index is 1290. The zero-order chi connectivity index (χ0) is 23.1. The minimum Gasteiger partial charge on any atom is -0.508 e. The number of aromatic amines is 1. The average Bonchev–Trinajstić information content (AvgIpc) is 3.33. The van der Waals surface area contributed by atoms with E-state index < -0.39 is 0 Å². The predicted molar refractivity (Wildman–Crippen MR) is 129 cm³/mol. The van der Waals surface area contributed by atoms with Gasteiger partial charge < -0.3 is 14.6 Å². The van der Waals surface area contributed by atoms with Crippen molar-refractivity contribution in [1.82, 2.24) is 15.2 Å². The number of aromatic hydroxyl groups is 1. The highest BCUT2D eigenvalue weighted by molar-refractivity contribution is 5.82. The van der Waals surface area contributed by atoms with Gasteiger partial charge in [-0.15, -0.1) is 0 Å². The number of pyridine rings is 1. The quantitative estimate of drug-likeness (QED) is 0.338. The Hall–Kier alpha value is -3.80. The zero-order valence-corrected chi connectivity index (χ0v) is 19.2. The maximum atomic E-state index is 9.51. The van der Waals surface area contributed by atoms with Crippen molar-refractivity contribution in [2.24, 2.45) is 0 Å². The van der Waals surface area contributed by atoms with Crippen LogP contribution in [-0.2, 0) is 6.42 Å². The van der Waals surface area contributed by atoms with Crippen LogP contribution >= 0.6 is 0 Å². The first-order chi connectivity index (χ1) is 15.9. The molecule has 6 nitrogen and oxygen atoms in total. The van der Waals surface area contributed by atoms with Gasteiger partial charge in [0.1, 0.15) is 5.75 Å². The van der Waals surface area contributed by atoms with Crippen molar-refractivity contribution in [3.05, 3.63) is 65.9 Å². The number of hydrogen-bond donors (Lipinski definition) is 2. The van der Waals surface area contributed by atoms with E-state index in [4.69, 9.17) is 9.47 Å². The first kappa shape index (κ1) is 21.1. The van der Waals surface area contributed by atoms with Gasteiger partial charge in [0, 0.05) is 34.9 Å². The summed E-state index contributed by atoms with van der Waals surface area (Å²) in [6.07, 6.45) is 2.73. The Morgan fingerprint density at radius 2 is 1.55 bits per heavy atom. The molecule has 168 valence electrons. The summed E-state index contributed by atoms with van der Waals surface area (Å²) >= 11 is 0. The minimum absolute atomic E-state index is 0.0499. The highest BCUT2D eigenvalue weighted by Crippen LogP contribution is 2.45. The van der Waals surface area contributed by atoms with Gasteiger partial charge in [0.15, 0.2) is 11.5 Å². The normalized spacial score (nSPS) is 12.2. The third-order valence-corrected chi connectivity index (χ3v) is 5.60. The van der Waals surface area contributed by atoms with Crippen LogP contribution in [0.5, 0.6) is 17.2 Å². The molecule has 1 aliphatic rings. The Labute approximate surface area is 193 Å². The zero-order valence-electron chi connectivity index (χ0n) is 19.2. The van der Waals surface area contributed by atoms with Gasteiger partial charge in [0.2, 0.25) is 0 Å². The van der Waals surface area contributed by atoms with Crippen LogP contribution in [0.25, 0.3) is 33.8 Å². The number of benzene rings is 2. The van der Waals surface area contributed by atoms with E-state index in [0.29, 0.717) is 0 Å². The molecule has 4 aromatic rings. The number of phenols is 1. The molecule has 2 N–H and O–H groups in total. The van der Waals surface area contributed by atoms with E-state index in [2.05, 4.69) is 27.3 Å². The predicted octanol–water partition coefficient (Wildman–Crippen LogP) is 5.99. The third kappa shape index (κ3) is 4.04. The van der Waals surface area contributed by atoms with Crippen LogP contribution in [0.15, 0.2) is 54.7 Å². The SMILES string of the molecule is CC(C)Oc1cc2c(cc1OC(C)C)-c1[nH]nc(-c3ccc(-c4ccc(O)cc4)nc3)c1C2. The third-order valence-electron chi connectivity index (χ3n) is 5.60. The van der Waals surface area contributed by atoms with Crippen LogP contribution in [0.2, 0.25) is 0 Å². The molecule has 6 heteroatoms. The van der Waals surface area contributed by atoms with Gasteiger partial charge in [-0.25, -0.2) is 0 Å². The molecule has 5 rings (SSSR count). The maximum absolute atomic E-state index is 9.51. The second-order valence-electron chi connectivity index (χ2n) is 8.87. The van der Waals surface area contributed by atoms with E-state index in [9.17, 15) is 5.11 Å². The van der Waals surface area contributed by atoms with Gasteiger partial charge in [-0.3, -0.25) is 10.1 Å². The lowest BCUT2D eigenvalue weighted by molar-refractivity contribution is 0.199. The lowest BCUT2D eigenvalue weighted by Crippen LogP contribution is -2.11. The highest BCUT2D eigenvalue weighted by Gasteiger charge is 2.28. The molecule has 0 fully saturated rings. The van der Waals surface area contributed by atoms with E-state index >= 15 is 0 Å². The minimum atomic E-state index is 0.0499. The molecule has 2 aromatic heterocycles. The van der Waals surface area contributed by atoms with Crippen molar-refractivity contribution in [2.45, 2.75) is 46.3 Å². The van der Waals surface area contributed by atoms with Crippen LogP contribution in [0, 0.1) is 0 Å². The van der Waals surface area contributed by atoms with Crippen molar-refractivity contribution in [3.63, 3.8) is 0 Å². The number of hydrogen-bond acceptors (Lipinski definition) is 5. The monoisotopic (exact) mass is 441 g/mol. The molecule has 1 aliphatic carbocycles. The summed E-state index contributed by atoms with van der Waals surface area (Å²) < 4.78 is 12.1. The number of rotatable bonds is 6. The second kappa shape index (κ2) is 8.28. The van der Waals surface area contributed by atoms with Crippen LogP contribution in [0.1, 0.15) is 38.8 Å². The molecule has 0 unspecified atom stereocenters. The molecular weight excluding hydrogens is 414 g/mol. The Balaban J connectivity index is 1.48. The summed E-state index contributed by atoms with van der Waals surface area (Å²) in [4.78, 5) is 4.63. The van der Waals surface area contributed by atoms with E-state index in [1.54, 1.807) is 12.1 Å². The van der Waals surface area contributed by atoms with Crippen molar-refractivity contribution < 1.29 is 14.6 Å². The topological polar surface area (TPSA) is 80.3 Å². The molecule has 0 aliphatic heterocycles. The van der Waals surface area contributed by atoms with Crippen LogP contribution in [-0.4, -0.2) is 32.5 Å². The molecule has 0 radical (unpaired) electrons. The molecule has 0 saturated heterocycles. The van der Waals surface area contributed by atoms with Crippen LogP contribution in [0.3, 0.4) is 0 Å². The molecule has 33 heavy (non-hydrogen) atoms. The van der Waals surface area contributed by atoms with E-state index in [1.165, 1.54) is 5.56 Å². The number of nitrogens with zero attached hydrogens (tertiary/aromatic N) is 2.